The van der Waals surface area contributed by atoms with Gasteiger partial charge in [-0.2, -0.15) is 0 Å². The summed E-state index contributed by atoms with van der Waals surface area (Å²) in [7, 11) is 0. The highest BCUT2D eigenvalue weighted by Crippen LogP contribution is 2.41. The second-order valence-electron chi connectivity index (χ2n) is 8.57. The molecular formula is C26H19F4N3O4. The van der Waals surface area contributed by atoms with Crippen LogP contribution in [0.2, 0.25) is 0 Å². The molecule has 7 nitrogen and oxygen atoms in total. The lowest BCUT2D eigenvalue weighted by molar-refractivity contribution is -0.274. The molecule has 0 spiro atoms. The molecule has 0 unspecified atom stereocenters. The first-order valence-corrected chi connectivity index (χ1v) is 11.2. The average Bonchev–Trinajstić information content (AvgIpc) is 3.37. The largest absolute Gasteiger partial charge is 0.573 e. The highest BCUT2D eigenvalue weighted by Gasteiger charge is 2.58. The predicted octanol–water partition coefficient (Wildman–Crippen LogP) is 5.78. The molecule has 37 heavy (non-hydrogen) atoms. The smallest absolute Gasteiger partial charge is 0.424 e. The predicted molar refractivity (Wildman–Crippen MR) is 123 cm³/mol. The number of amides is 2. The van der Waals surface area contributed by atoms with E-state index in [0.29, 0.717) is 11.1 Å². The number of H-pyrrole nitrogens is 1. The molecular weight excluding hydrogens is 494 g/mol. The van der Waals surface area contributed by atoms with Crippen LogP contribution in [0.15, 0.2) is 72.8 Å². The second-order valence-corrected chi connectivity index (χ2v) is 8.57. The first kappa shape index (κ1) is 24.3. The molecule has 2 atom stereocenters. The Morgan fingerprint density at radius 3 is 2.43 bits per heavy atom. The van der Waals surface area contributed by atoms with Crippen LogP contribution in [0, 0.1) is 5.82 Å². The van der Waals surface area contributed by atoms with Crippen LogP contribution in [0.25, 0.3) is 11.0 Å². The lowest BCUT2D eigenvalue weighted by Crippen LogP contribution is -2.42. The summed E-state index contributed by atoms with van der Waals surface area (Å²) in [6.07, 6.45) is -5.91. The summed E-state index contributed by atoms with van der Waals surface area (Å²) in [6.45, 7) is 1.60. The van der Waals surface area contributed by atoms with Gasteiger partial charge in [0.2, 0.25) is 0 Å². The number of carbonyl (C=O) groups excluding carboxylic acids is 2. The standard InChI is InChI=1S/C26H19F4N3O4/c1-15(17-7-9-18(27)10-8-17)33-23(34)25(37-24(33)35,14-16-5-3-2-4-6-16)22-31-20-12-11-19(13-21(20)32-22)36-26(28,29)30/h2-13,15H,14H2,1H3,(H,31,32)/t15-,25-/m1/s1. The number of hydrogen-bond acceptors (Lipinski definition) is 5. The summed E-state index contributed by atoms with van der Waals surface area (Å²) in [5.41, 5.74) is -0.372. The van der Waals surface area contributed by atoms with Gasteiger partial charge in [-0.3, -0.25) is 4.79 Å². The highest BCUT2D eigenvalue weighted by atomic mass is 19.4. The van der Waals surface area contributed by atoms with Gasteiger partial charge in [0.25, 0.3) is 11.5 Å². The van der Waals surface area contributed by atoms with Crippen LogP contribution in [0.5, 0.6) is 5.75 Å². The topological polar surface area (TPSA) is 84.5 Å². The zero-order valence-electron chi connectivity index (χ0n) is 19.3. The monoisotopic (exact) mass is 513 g/mol. The molecule has 5 rings (SSSR count). The van der Waals surface area contributed by atoms with Gasteiger partial charge in [0.05, 0.1) is 17.1 Å². The zero-order valence-corrected chi connectivity index (χ0v) is 19.3. The second kappa shape index (κ2) is 8.91. The maximum absolute atomic E-state index is 13.9. The van der Waals surface area contributed by atoms with Crippen molar-refractivity contribution >= 4 is 23.0 Å². The molecule has 11 heteroatoms. The van der Waals surface area contributed by atoms with Crippen molar-refractivity contribution < 1.29 is 36.6 Å². The summed E-state index contributed by atoms with van der Waals surface area (Å²) in [4.78, 5) is 35.2. The minimum Gasteiger partial charge on any atom is -0.424 e. The molecule has 0 bridgehead atoms. The third-order valence-electron chi connectivity index (χ3n) is 6.13. The van der Waals surface area contributed by atoms with Crippen molar-refractivity contribution in [3.05, 3.63) is 95.6 Å². The molecule has 0 aliphatic carbocycles. The quantitative estimate of drug-likeness (QED) is 0.331. The molecule has 1 aliphatic heterocycles. The number of nitrogens with zero attached hydrogens (tertiary/aromatic N) is 2. The zero-order chi connectivity index (χ0) is 26.4. The molecule has 1 saturated heterocycles. The fourth-order valence-electron chi connectivity index (χ4n) is 4.35. The Hall–Kier alpha value is -4.41. The summed E-state index contributed by atoms with van der Waals surface area (Å²) in [5.74, 6) is -1.72. The third kappa shape index (κ3) is 4.59. The molecule has 190 valence electrons. The van der Waals surface area contributed by atoms with Crippen LogP contribution in [0.3, 0.4) is 0 Å². The van der Waals surface area contributed by atoms with Crippen molar-refractivity contribution in [2.75, 3.05) is 0 Å². The molecule has 1 fully saturated rings. The molecule has 0 radical (unpaired) electrons. The van der Waals surface area contributed by atoms with E-state index in [1.54, 1.807) is 37.3 Å². The van der Waals surface area contributed by atoms with Crippen molar-refractivity contribution in [1.82, 2.24) is 14.9 Å². The van der Waals surface area contributed by atoms with Gasteiger partial charge < -0.3 is 14.5 Å². The number of carbonyl (C=O) groups is 2. The van der Waals surface area contributed by atoms with E-state index in [2.05, 4.69) is 14.7 Å². The number of hydrogen-bond donors (Lipinski definition) is 1. The average molecular weight is 513 g/mol. The van der Waals surface area contributed by atoms with E-state index in [1.165, 1.54) is 30.3 Å². The number of fused-ring (bicyclic) bond motifs is 1. The Morgan fingerprint density at radius 2 is 1.76 bits per heavy atom. The van der Waals surface area contributed by atoms with Gasteiger partial charge in [0.15, 0.2) is 5.82 Å². The summed E-state index contributed by atoms with van der Waals surface area (Å²) < 4.78 is 61.2. The van der Waals surface area contributed by atoms with Crippen LogP contribution in [-0.4, -0.2) is 33.2 Å². The Balaban J connectivity index is 1.58. The molecule has 2 heterocycles. The van der Waals surface area contributed by atoms with E-state index < -0.39 is 41.6 Å². The Labute approximate surface area is 207 Å². The number of alkyl halides is 3. The van der Waals surface area contributed by atoms with Crippen LogP contribution in [0.4, 0.5) is 22.4 Å². The number of imidazole rings is 1. The van der Waals surface area contributed by atoms with E-state index in [9.17, 15) is 27.2 Å². The lowest BCUT2D eigenvalue weighted by Gasteiger charge is -2.25. The van der Waals surface area contributed by atoms with Gasteiger partial charge in [-0.05, 0) is 42.3 Å². The molecule has 1 N–H and O–H groups in total. The Bertz CT molecular complexity index is 1470. The fraction of sp³-hybridized carbons (Fsp3) is 0.192. The molecule has 2 amide bonds. The van der Waals surface area contributed by atoms with E-state index in [-0.39, 0.29) is 23.3 Å². The molecule has 4 aromatic rings. The number of benzene rings is 3. The molecule has 1 aliphatic rings. The van der Waals surface area contributed by atoms with Crippen molar-refractivity contribution in [2.24, 2.45) is 0 Å². The summed E-state index contributed by atoms with van der Waals surface area (Å²) in [6, 6.07) is 16.8. The number of cyclic esters (lactones) is 1. The Kier molecular flexibility index (Phi) is 5.85. The van der Waals surface area contributed by atoms with Gasteiger partial charge in [-0.1, -0.05) is 42.5 Å². The van der Waals surface area contributed by atoms with Gasteiger partial charge in [-0.25, -0.2) is 19.1 Å². The van der Waals surface area contributed by atoms with Crippen LogP contribution in [-0.2, 0) is 21.6 Å². The van der Waals surface area contributed by atoms with E-state index in [0.717, 1.165) is 17.0 Å². The van der Waals surface area contributed by atoms with E-state index in [4.69, 9.17) is 4.74 Å². The highest BCUT2D eigenvalue weighted by molar-refractivity contribution is 6.04. The third-order valence-corrected chi connectivity index (χ3v) is 6.13. The number of aromatic nitrogens is 2. The summed E-state index contributed by atoms with van der Waals surface area (Å²) >= 11 is 0. The SMILES string of the molecule is C[C@H](c1ccc(F)cc1)N1C(=O)O[C@](Cc2ccccc2)(c2nc3ccc(OC(F)(F)F)cc3[nH]2)C1=O. The maximum Gasteiger partial charge on any atom is 0.573 e. The van der Waals surface area contributed by atoms with E-state index in [1.807, 2.05) is 0 Å². The van der Waals surface area contributed by atoms with Gasteiger partial charge >= 0.3 is 12.5 Å². The number of halogens is 4. The van der Waals surface area contributed by atoms with Crippen LogP contribution >= 0.6 is 0 Å². The van der Waals surface area contributed by atoms with Crippen LogP contribution in [0.1, 0.15) is 29.9 Å². The van der Waals surface area contributed by atoms with Crippen molar-refractivity contribution in [3.63, 3.8) is 0 Å². The minimum absolute atomic E-state index is 0.0531. The number of imide groups is 1. The van der Waals surface area contributed by atoms with Gasteiger partial charge in [0.1, 0.15) is 11.6 Å². The molecule has 3 aromatic carbocycles. The van der Waals surface area contributed by atoms with Crippen molar-refractivity contribution in [1.29, 1.82) is 0 Å². The number of rotatable bonds is 6. The normalized spacial score (nSPS) is 18.8. The number of ether oxygens (including phenoxy) is 2. The number of nitrogens with one attached hydrogen (secondary N) is 1. The fourth-order valence-corrected chi connectivity index (χ4v) is 4.35. The minimum atomic E-state index is -4.89. The number of aromatic amines is 1. The van der Waals surface area contributed by atoms with Crippen molar-refractivity contribution in [3.8, 4) is 5.75 Å². The van der Waals surface area contributed by atoms with Gasteiger partial charge in [-0.15, -0.1) is 13.2 Å². The van der Waals surface area contributed by atoms with E-state index >= 15 is 0 Å². The maximum atomic E-state index is 13.9. The lowest BCUT2D eigenvalue weighted by atomic mass is 9.92. The molecule has 1 aromatic heterocycles. The van der Waals surface area contributed by atoms with Gasteiger partial charge in [0, 0.05) is 12.5 Å². The Morgan fingerprint density at radius 1 is 1.05 bits per heavy atom. The summed E-state index contributed by atoms with van der Waals surface area (Å²) in [5, 5.41) is 0. The first-order valence-electron chi connectivity index (χ1n) is 11.2. The first-order chi connectivity index (χ1) is 17.6. The van der Waals surface area contributed by atoms with Crippen molar-refractivity contribution in [2.45, 2.75) is 31.3 Å². The van der Waals surface area contributed by atoms with Crippen LogP contribution < -0.4 is 4.74 Å². The molecule has 0 saturated carbocycles.